The molecule has 0 radical (unpaired) electrons. The molecule has 1 N–H and O–H groups in total. The molecule has 0 bridgehead atoms. The van der Waals surface area contributed by atoms with Crippen molar-refractivity contribution in [1.29, 1.82) is 0 Å². The summed E-state index contributed by atoms with van der Waals surface area (Å²) in [6.45, 7) is 3.48. The minimum Gasteiger partial charge on any atom is -0.481 e. The largest absolute Gasteiger partial charge is 0.481 e. The minimum absolute atomic E-state index is 0.0442. The Morgan fingerprint density at radius 2 is 2.00 bits per heavy atom. The Hall–Kier alpha value is -1.64. The van der Waals surface area contributed by atoms with E-state index in [0.29, 0.717) is 12.8 Å². The second kappa shape index (κ2) is 4.32. The van der Waals surface area contributed by atoms with Gasteiger partial charge in [0.25, 0.3) is 0 Å². The average molecular weight is 232 g/mol. The molecule has 1 aliphatic carbocycles. The number of aliphatic carboxylic acids is 1. The second-order valence-electron chi connectivity index (χ2n) is 4.77. The molecule has 0 unspecified atom stereocenters. The monoisotopic (exact) mass is 232 g/mol. The van der Waals surface area contributed by atoms with Gasteiger partial charge in [-0.2, -0.15) is 0 Å². The van der Waals surface area contributed by atoms with E-state index in [1.54, 1.807) is 6.92 Å². The highest BCUT2D eigenvalue weighted by atomic mass is 16.4. The van der Waals surface area contributed by atoms with Gasteiger partial charge < -0.3 is 5.11 Å². The standard InChI is InChI=1S/C14H16O3/c1-8-5-10-3-4-11(14(16)17)6-12(10)7-13(8)9(2)15/h5,7,11H,3-4,6H2,1-2H3,(H,16,17)/t11-/m0/s1. The minimum atomic E-state index is -0.736. The maximum atomic E-state index is 11.5. The third-order valence-electron chi connectivity index (χ3n) is 3.50. The van der Waals surface area contributed by atoms with Crippen molar-refractivity contribution in [3.63, 3.8) is 0 Å². The molecular formula is C14H16O3. The maximum absolute atomic E-state index is 11.5. The summed E-state index contributed by atoms with van der Waals surface area (Å²) in [5.41, 5.74) is 3.93. The van der Waals surface area contributed by atoms with Crippen LogP contribution >= 0.6 is 0 Å². The molecule has 1 aliphatic rings. The topological polar surface area (TPSA) is 54.4 Å². The summed E-state index contributed by atoms with van der Waals surface area (Å²) in [5, 5.41) is 9.03. The highest BCUT2D eigenvalue weighted by Gasteiger charge is 2.25. The molecule has 0 saturated heterocycles. The van der Waals surface area contributed by atoms with Gasteiger partial charge in [-0.25, -0.2) is 0 Å². The Morgan fingerprint density at radius 1 is 1.29 bits per heavy atom. The fourth-order valence-electron chi connectivity index (χ4n) is 2.52. The highest BCUT2D eigenvalue weighted by Crippen LogP contribution is 2.28. The summed E-state index contributed by atoms with van der Waals surface area (Å²) in [6.07, 6.45) is 2.04. The molecule has 90 valence electrons. The van der Waals surface area contributed by atoms with Crippen molar-refractivity contribution in [3.05, 3.63) is 34.4 Å². The lowest BCUT2D eigenvalue weighted by Crippen LogP contribution is -2.22. The predicted molar refractivity (Wildman–Crippen MR) is 64.3 cm³/mol. The molecule has 17 heavy (non-hydrogen) atoms. The van der Waals surface area contributed by atoms with Crippen molar-refractivity contribution >= 4 is 11.8 Å². The van der Waals surface area contributed by atoms with Crippen LogP contribution in [0.15, 0.2) is 12.1 Å². The molecule has 3 heteroatoms. The van der Waals surface area contributed by atoms with E-state index in [1.165, 1.54) is 5.56 Å². The van der Waals surface area contributed by atoms with Gasteiger partial charge in [-0.3, -0.25) is 9.59 Å². The van der Waals surface area contributed by atoms with Crippen LogP contribution < -0.4 is 0 Å². The fourth-order valence-corrected chi connectivity index (χ4v) is 2.52. The molecule has 0 fully saturated rings. The molecule has 0 spiro atoms. The number of carboxylic acid groups (broad SMARTS) is 1. The first-order valence-corrected chi connectivity index (χ1v) is 5.85. The van der Waals surface area contributed by atoms with Crippen LogP contribution in [0.2, 0.25) is 0 Å². The lowest BCUT2D eigenvalue weighted by molar-refractivity contribution is -0.142. The molecule has 1 atom stereocenters. The first kappa shape index (κ1) is 11.8. The van der Waals surface area contributed by atoms with Crippen LogP contribution in [0.4, 0.5) is 0 Å². The first-order chi connectivity index (χ1) is 7.99. The van der Waals surface area contributed by atoms with E-state index in [-0.39, 0.29) is 11.7 Å². The number of carbonyl (C=O) groups is 2. The number of benzene rings is 1. The summed E-state index contributed by atoms with van der Waals surface area (Å²) in [4.78, 5) is 22.4. The van der Waals surface area contributed by atoms with E-state index in [0.717, 1.165) is 23.1 Å². The summed E-state index contributed by atoms with van der Waals surface area (Å²) in [6, 6.07) is 3.91. The summed E-state index contributed by atoms with van der Waals surface area (Å²) >= 11 is 0. The van der Waals surface area contributed by atoms with Crippen LogP contribution in [0.3, 0.4) is 0 Å². The van der Waals surface area contributed by atoms with Crippen LogP contribution in [0.5, 0.6) is 0 Å². The number of fused-ring (bicyclic) bond motifs is 1. The Kier molecular flexibility index (Phi) is 3.01. The summed E-state index contributed by atoms with van der Waals surface area (Å²) in [7, 11) is 0. The van der Waals surface area contributed by atoms with E-state index in [1.807, 2.05) is 19.1 Å². The molecular weight excluding hydrogens is 216 g/mol. The maximum Gasteiger partial charge on any atom is 0.306 e. The Balaban J connectivity index is 2.40. The van der Waals surface area contributed by atoms with Crippen LogP contribution in [-0.4, -0.2) is 16.9 Å². The molecule has 2 rings (SSSR count). The third kappa shape index (κ3) is 2.23. The molecule has 0 amide bonds. The molecule has 1 aromatic carbocycles. The van der Waals surface area contributed by atoms with Gasteiger partial charge in [-0.05, 0) is 55.9 Å². The van der Waals surface area contributed by atoms with Crippen molar-refractivity contribution in [2.75, 3.05) is 0 Å². The van der Waals surface area contributed by atoms with Gasteiger partial charge in [0.1, 0.15) is 0 Å². The van der Waals surface area contributed by atoms with Crippen molar-refractivity contribution < 1.29 is 14.7 Å². The Bertz CT molecular complexity index is 488. The molecule has 0 saturated carbocycles. The van der Waals surface area contributed by atoms with Crippen LogP contribution in [0.1, 0.15) is 40.4 Å². The smallest absolute Gasteiger partial charge is 0.306 e. The van der Waals surface area contributed by atoms with Crippen molar-refractivity contribution in [2.24, 2.45) is 5.92 Å². The lowest BCUT2D eigenvalue weighted by Gasteiger charge is -2.22. The van der Waals surface area contributed by atoms with Crippen molar-refractivity contribution in [2.45, 2.75) is 33.1 Å². The Morgan fingerprint density at radius 3 is 2.59 bits per heavy atom. The average Bonchev–Trinajstić information content (AvgIpc) is 2.27. The van der Waals surface area contributed by atoms with E-state index >= 15 is 0 Å². The first-order valence-electron chi connectivity index (χ1n) is 5.85. The third-order valence-corrected chi connectivity index (χ3v) is 3.50. The number of Topliss-reactive ketones (excluding diaryl/α,β-unsaturated/α-hetero) is 1. The molecule has 0 aromatic heterocycles. The van der Waals surface area contributed by atoms with Gasteiger partial charge in [-0.15, -0.1) is 0 Å². The van der Waals surface area contributed by atoms with Gasteiger partial charge in [0, 0.05) is 5.56 Å². The number of hydrogen-bond donors (Lipinski definition) is 1. The van der Waals surface area contributed by atoms with Gasteiger partial charge in [0.15, 0.2) is 5.78 Å². The van der Waals surface area contributed by atoms with Crippen LogP contribution in [0.25, 0.3) is 0 Å². The normalized spacial score (nSPS) is 18.6. The Labute approximate surface area is 100 Å². The number of hydrogen-bond acceptors (Lipinski definition) is 2. The zero-order valence-electron chi connectivity index (χ0n) is 10.1. The van der Waals surface area contributed by atoms with Gasteiger partial charge in [-0.1, -0.05) is 6.07 Å². The highest BCUT2D eigenvalue weighted by molar-refractivity contribution is 5.95. The van der Waals surface area contributed by atoms with Crippen LogP contribution in [0, 0.1) is 12.8 Å². The van der Waals surface area contributed by atoms with E-state index in [4.69, 9.17) is 5.11 Å². The molecule has 3 nitrogen and oxygen atoms in total. The second-order valence-corrected chi connectivity index (χ2v) is 4.77. The number of ketones is 1. The SMILES string of the molecule is CC(=O)c1cc2c(cc1C)CC[C@H](C(=O)O)C2. The number of carboxylic acids is 1. The lowest BCUT2D eigenvalue weighted by atomic mass is 9.82. The zero-order chi connectivity index (χ0) is 12.6. The van der Waals surface area contributed by atoms with Gasteiger partial charge >= 0.3 is 5.97 Å². The molecule has 0 heterocycles. The van der Waals surface area contributed by atoms with Gasteiger partial charge in [0.2, 0.25) is 0 Å². The molecule has 1 aromatic rings. The quantitative estimate of drug-likeness (QED) is 0.796. The molecule has 0 aliphatic heterocycles. The van der Waals surface area contributed by atoms with Gasteiger partial charge in [0.05, 0.1) is 5.92 Å². The van der Waals surface area contributed by atoms with E-state index in [2.05, 4.69) is 0 Å². The van der Waals surface area contributed by atoms with Crippen molar-refractivity contribution in [1.82, 2.24) is 0 Å². The summed E-state index contributed by atoms with van der Waals surface area (Å²) < 4.78 is 0. The zero-order valence-corrected chi connectivity index (χ0v) is 10.1. The van der Waals surface area contributed by atoms with Crippen molar-refractivity contribution in [3.8, 4) is 0 Å². The predicted octanol–water partition coefficient (Wildman–Crippen LogP) is 2.39. The fraction of sp³-hybridized carbons (Fsp3) is 0.429. The van der Waals surface area contributed by atoms with E-state index in [9.17, 15) is 9.59 Å². The number of rotatable bonds is 2. The summed E-state index contributed by atoms with van der Waals surface area (Å²) in [5.74, 6) is -0.992. The van der Waals surface area contributed by atoms with E-state index < -0.39 is 5.97 Å². The number of aryl methyl sites for hydroxylation is 2. The van der Waals surface area contributed by atoms with Crippen LogP contribution in [-0.2, 0) is 17.6 Å². The number of carbonyl (C=O) groups excluding carboxylic acids is 1.